The molecule has 0 bridgehead atoms. The number of nitrogens with zero attached hydrogens (tertiary/aromatic N) is 5. The van der Waals surface area contributed by atoms with Crippen LogP contribution in [0.1, 0.15) is 27.0 Å². The Morgan fingerprint density at radius 2 is 1.50 bits per heavy atom. The van der Waals surface area contributed by atoms with Crippen molar-refractivity contribution in [1.29, 1.82) is 0 Å². The van der Waals surface area contributed by atoms with Gasteiger partial charge in [0.2, 0.25) is 5.95 Å². The number of carbonyl (C=O) groups is 1. The maximum atomic E-state index is 13.4. The molecule has 1 saturated heterocycles. The van der Waals surface area contributed by atoms with Crippen LogP contribution < -0.4 is 4.90 Å². The Bertz CT molecular complexity index is 1260. The van der Waals surface area contributed by atoms with Gasteiger partial charge in [-0.2, -0.15) is 26.3 Å². The summed E-state index contributed by atoms with van der Waals surface area (Å²) in [7, 11) is 3.31. The molecule has 0 atom stereocenters. The lowest BCUT2D eigenvalue weighted by atomic mass is 10.0. The number of alkyl halides is 6. The molecule has 0 unspecified atom stereocenters. The highest BCUT2D eigenvalue weighted by molar-refractivity contribution is 5.99. The van der Waals surface area contributed by atoms with Crippen LogP contribution in [0.5, 0.6) is 0 Å². The summed E-state index contributed by atoms with van der Waals surface area (Å²) in [6.45, 7) is 2.51. The maximum absolute atomic E-state index is 13.4. The molecule has 0 N–H and O–H groups in total. The van der Waals surface area contributed by atoms with Crippen molar-refractivity contribution in [2.24, 2.45) is 0 Å². The van der Waals surface area contributed by atoms with Gasteiger partial charge in [0.15, 0.2) is 0 Å². The van der Waals surface area contributed by atoms with Crippen molar-refractivity contribution in [3.63, 3.8) is 0 Å². The molecule has 202 valence electrons. The Kier molecular flexibility index (Phi) is 7.63. The number of likely N-dealkylation sites (N-methyl/N-ethyl adjacent to an activating group) is 1. The normalized spacial score (nSPS) is 15.0. The van der Waals surface area contributed by atoms with E-state index in [2.05, 4.69) is 14.9 Å². The number of amides is 1. The molecule has 1 aliphatic rings. The van der Waals surface area contributed by atoms with E-state index in [1.54, 1.807) is 30.3 Å². The minimum atomic E-state index is -4.98. The monoisotopic (exact) mass is 537 g/mol. The molecule has 3 aromatic rings. The molecule has 1 aliphatic heterocycles. The summed E-state index contributed by atoms with van der Waals surface area (Å²) in [5.41, 5.74) is -2.15. The number of benzene rings is 2. The number of hydrogen-bond donors (Lipinski definition) is 0. The van der Waals surface area contributed by atoms with E-state index < -0.39 is 35.9 Å². The zero-order valence-corrected chi connectivity index (χ0v) is 20.6. The third kappa shape index (κ3) is 6.24. The standard InChI is InChI=1S/C26H25F6N5O/c1-35-8-10-37(11-9-35)24-33-15-21(22(34-24)18-6-4-3-5-7-18)23(38)36(2)16-17-12-19(25(27,28)29)14-20(13-17)26(30,31)32/h3-7,12-15H,8-11,16H2,1-2H3. The summed E-state index contributed by atoms with van der Waals surface area (Å²) >= 11 is 0. The SMILES string of the molecule is CN1CCN(c2ncc(C(=O)N(C)Cc3cc(C(F)(F)F)cc(C(F)(F)F)c3)c(-c3ccccc3)n2)CC1. The average Bonchev–Trinajstić information content (AvgIpc) is 2.87. The van der Waals surface area contributed by atoms with E-state index in [0.717, 1.165) is 18.0 Å². The zero-order chi connectivity index (χ0) is 27.7. The van der Waals surface area contributed by atoms with E-state index in [9.17, 15) is 31.1 Å². The first-order chi connectivity index (χ1) is 17.8. The highest BCUT2D eigenvalue weighted by Crippen LogP contribution is 2.36. The van der Waals surface area contributed by atoms with E-state index in [0.29, 0.717) is 42.4 Å². The molecular formula is C26H25F6N5O. The number of hydrogen-bond acceptors (Lipinski definition) is 5. The Hall–Kier alpha value is -3.67. The number of halogens is 6. The van der Waals surface area contributed by atoms with Gasteiger partial charge in [-0.05, 0) is 30.8 Å². The maximum Gasteiger partial charge on any atom is 0.416 e. The van der Waals surface area contributed by atoms with Crippen LogP contribution in [-0.2, 0) is 18.9 Å². The molecule has 1 amide bonds. The average molecular weight is 538 g/mol. The van der Waals surface area contributed by atoms with Gasteiger partial charge in [0, 0.05) is 51.5 Å². The molecule has 4 rings (SSSR count). The van der Waals surface area contributed by atoms with Crippen LogP contribution in [0.2, 0.25) is 0 Å². The lowest BCUT2D eigenvalue weighted by Crippen LogP contribution is -2.45. The zero-order valence-electron chi connectivity index (χ0n) is 20.6. The summed E-state index contributed by atoms with van der Waals surface area (Å²) in [4.78, 5) is 27.6. The van der Waals surface area contributed by atoms with Crippen molar-refractivity contribution in [2.45, 2.75) is 18.9 Å². The van der Waals surface area contributed by atoms with Gasteiger partial charge in [0.25, 0.3) is 5.91 Å². The number of carbonyl (C=O) groups excluding carboxylic acids is 1. The van der Waals surface area contributed by atoms with Crippen molar-refractivity contribution in [2.75, 3.05) is 45.2 Å². The molecule has 0 saturated carbocycles. The number of rotatable bonds is 5. The van der Waals surface area contributed by atoms with E-state index in [1.165, 1.54) is 13.2 Å². The van der Waals surface area contributed by atoms with Crippen molar-refractivity contribution in [3.8, 4) is 11.3 Å². The molecule has 2 heterocycles. The number of anilines is 1. The van der Waals surface area contributed by atoms with Crippen LogP contribution in [0.3, 0.4) is 0 Å². The summed E-state index contributed by atoms with van der Waals surface area (Å²) in [5.74, 6) is -0.205. The first kappa shape index (κ1) is 27.4. The summed E-state index contributed by atoms with van der Waals surface area (Å²) in [6, 6.07) is 10.1. The molecule has 0 spiro atoms. The van der Waals surface area contributed by atoms with Gasteiger partial charge < -0.3 is 14.7 Å². The Morgan fingerprint density at radius 1 is 0.921 bits per heavy atom. The molecule has 38 heavy (non-hydrogen) atoms. The molecule has 1 aromatic heterocycles. The van der Waals surface area contributed by atoms with Gasteiger partial charge in [-0.25, -0.2) is 9.97 Å². The lowest BCUT2D eigenvalue weighted by Gasteiger charge is -2.32. The quantitative estimate of drug-likeness (QED) is 0.419. The third-order valence-electron chi connectivity index (χ3n) is 6.25. The van der Waals surface area contributed by atoms with E-state index in [4.69, 9.17) is 0 Å². The van der Waals surface area contributed by atoms with Crippen LogP contribution in [0.15, 0.2) is 54.7 Å². The van der Waals surface area contributed by atoms with Crippen LogP contribution in [-0.4, -0.2) is 65.9 Å². The smallest absolute Gasteiger partial charge is 0.338 e. The highest BCUT2D eigenvalue weighted by Gasteiger charge is 2.37. The van der Waals surface area contributed by atoms with Crippen LogP contribution in [0, 0.1) is 0 Å². The van der Waals surface area contributed by atoms with Crippen molar-refractivity contribution >= 4 is 11.9 Å². The second-order valence-electron chi connectivity index (χ2n) is 9.16. The van der Waals surface area contributed by atoms with Crippen LogP contribution in [0.25, 0.3) is 11.3 Å². The van der Waals surface area contributed by atoms with Crippen LogP contribution in [0.4, 0.5) is 32.3 Å². The topological polar surface area (TPSA) is 52.6 Å². The second kappa shape index (κ2) is 10.6. The number of piperazine rings is 1. The second-order valence-corrected chi connectivity index (χ2v) is 9.16. The minimum Gasteiger partial charge on any atom is -0.338 e. The fourth-order valence-corrected chi connectivity index (χ4v) is 4.17. The largest absolute Gasteiger partial charge is 0.416 e. The fraction of sp³-hybridized carbons (Fsp3) is 0.346. The molecule has 0 aliphatic carbocycles. The fourth-order valence-electron chi connectivity index (χ4n) is 4.17. The molecule has 1 fully saturated rings. The van der Waals surface area contributed by atoms with E-state index >= 15 is 0 Å². The molecule has 6 nitrogen and oxygen atoms in total. The summed E-state index contributed by atoms with van der Waals surface area (Å²) in [5, 5.41) is 0. The molecular weight excluding hydrogens is 512 g/mol. The van der Waals surface area contributed by atoms with Gasteiger partial charge in [-0.3, -0.25) is 4.79 Å². The predicted molar refractivity (Wildman–Crippen MR) is 129 cm³/mol. The lowest BCUT2D eigenvalue weighted by molar-refractivity contribution is -0.143. The van der Waals surface area contributed by atoms with Gasteiger partial charge in [0.05, 0.1) is 22.4 Å². The first-order valence-corrected chi connectivity index (χ1v) is 11.7. The van der Waals surface area contributed by atoms with Gasteiger partial charge >= 0.3 is 12.4 Å². The molecule has 0 radical (unpaired) electrons. The first-order valence-electron chi connectivity index (χ1n) is 11.7. The van der Waals surface area contributed by atoms with Gasteiger partial charge in [-0.15, -0.1) is 0 Å². The third-order valence-corrected chi connectivity index (χ3v) is 6.25. The Labute approximate surface area is 215 Å². The number of aromatic nitrogens is 2. The Morgan fingerprint density at radius 3 is 2.05 bits per heavy atom. The van der Waals surface area contributed by atoms with Crippen molar-refractivity contribution in [3.05, 3.63) is 77.0 Å². The van der Waals surface area contributed by atoms with Gasteiger partial charge in [-0.1, -0.05) is 30.3 Å². The highest BCUT2D eigenvalue weighted by atomic mass is 19.4. The minimum absolute atomic E-state index is 0.0593. The predicted octanol–water partition coefficient (Wildman–Crippen LogP) is 5.21. The van der Waals surface area contributed by atoms with Gasteiger partial charge in [0.1, 0.15) is 0 Å². The molecule has 12 heteroatoms. The Balaban J connectivity index is 1.67. The van der Waals surface area contributed by atoms with Crippen molar-refractivity contribution in [1.82, 2.24) is 19.8 Å². The van der Waals surface area contributed by atoms with Crippen LogP contribution >= 0.6 is 0 Å². The summed E-state index contributed by atoms with van der Waals surface area (Å²) < 4.78 is 79.7. The van der Waals surface area contributed by atoms with E-state index in [-0.39, 0.29) is 17.2 Å². The van der Waals surface area contributed by atoms with Crippen molar-refractivity contribution < 1.29 is 31.1 Å². The van der Waals surface area contributed by atoms with E-state index in [1.807, 2.05) is 11.9 Å². The summed E-state index contributed by atoms with van der Waals surface area (Å²) in [6.07, 6.45) is -8.60. The molecule has 2 aromatic carbocycles.